The number of hydrogen-bond donors (Lipinski definition) is 1. The highest BCUT2D eigenvalue weighted by Gasteiger charge is 2.11. The first kappa shape index (κ1) is 14.0. The Hall–Kier alpha value is -2.08. The molecule has 2 nitrogen and oxygen atoms in total. The van der Waals surface area contributed by atoms with Gasteiger partial charge in [0.1, 0.15) is 5.75 Å². The van der Waals surface area contributed by atoms with Gasteiger partial charge in [-0.05, 0) is 24.1 Å². The molecule has 3 heteroatoms. The number of fused-ring (bicyclic) bond motifs is 1. The fourth-order valence-electron chi connectivity index (χ4n) is 1.82. The van der Waals surface area contributed by atoms with E-state index in [-0.39, 0.29) is 11.3 Å². The average molecular weight is 245 g/mol. The molecule has 2 aromatic rings. The summed E-state index contributed by atoms with van der Waals surface area (Å²) < 4.78 is 13.4. The molecule has 1 heterocycles. The van der Waals surface area contributed by atoms with Crippen LogP contribution in [-0.4, -0.2) is 10.1 Å². The third kappa shape index (κ3) is 2.43. The molecule has 0 fully saturated rings. The van der Waals surface area contributed by atoms with E-state index in [4.69, 9.17) is 6.42 Å². The molecule has 0 saturated carbocycles. The summed E-state index contributed by atoms with van der Waals surface area (Å²) in [6, 6.07) is 3.13. The van der Waals surface area contributed by atoms with Crippen molar-refractivity contribution in [1.29, 1.82) is 0 Å². The second kappa shape index (κ2) is 6.02. The summed E-state index contributed by atoms with van der Waals surface area (Å²) in [5.74, 6) is 1.81. The van der Waals surface area contributed by atoms with E-state index in [9.17, 15) is 9.50 Å². The second-order valence-electron chi connectivity index (χ2n) is 3.49. The number of rotatable bonds is 1. The van der Waals surface area contributed by atoms with Gasteiger partial charge in [0.15, 0.2) is 0 Å². The molecule has 0 aliphatic carbocycles. The average Bonchev–Trinajstić information content (AvgIpc) is 2.40. The van der Waals surface area contributed by atoms with Crippen molar-refractivity contribution in [3.05, 3.63) is 35.4 Å². The fourth-order valence-corrected chi connectivity index (χ4v) is 1.82. The second-order valence-corrected chi connectivity index (χ2v) is 3.49. The Bertz CT molecular complexity index is 599. The van der Waals surface area contributed by atoms with E-state index in [2.05, 4.69) is 10.9 Å². The Morgan fingerprint density at radius 2 is 2.06 bits per heavy atom. The lowest BCUT2D eigenvalue weighted by atomic mass is 9.99. The number of phenols is 1. The molecule has 0 atom stereocenters. The quantitative estimate of drug-likeness (QED) is 0.614. The number of benzene rings is 1. The molecule has 1 aromatic carbocycles. The van der Waals surface area contributed by atoms with Crippen molar-refractivity contribution in [1.82, 2.24) is 4.98 Å². The molecule has 94 valence electrons. The van der Waals surface area contributed by atoms with Crippen molar-refractivity contribution in [2.24, 2.45) is 0 Å². The highest BCUT2D eigenvalue weighted by molar-refractivity contribution is 5.91. The summed E-state index contributed by atoms with van der Waals surface area (Å²) >= 11 is 0. The molecule has 0 radical (unpaired) electrons. The van der Waals surface area contributed by atoms with Crippen LogP contribution < -0.4 is 0 Å². The molecule has 2 rings (SSSR count). The monoisotopic (exact) mass is 245 g/mol. The zero-order valence-electron chi connectivity index (χ0n) is 10.8. The molecule has 18 heavy (non-hydrogen) atoms. The third-order valence-corrected chi connectivity index (χ3v) is 2.53. The number of aryl methyl sites for hydroxylation is 1. The van der Waals surface area contributed by atoms with Crippen LogP contribution in [0.15, 0.2) is 18.3 Å². The molecule has 0 bridgehead atoms. The van der Waals surface area contributed by atoms with Crippen molar-refractivity contribution in [2.45, 2.75) is 27.2 Å². The van der Waals surface area contributed by atoms with Crippen LogP contribution in [0.3, 0.4) is 0 Å². The van der Waals surface area contributed by atoms with Gasteiger partial charge < -0.3 is 5.11 Å². The predicted molar refractivity (Wildman–Crippen MR) is 72.0 cm³/mol. The summed E-state index contributed by atoms with van der Waals surface area (Å²) in [6.45, 7) is 5.92. The number of terminal acetylenes is 1. The van der Waals surface area contributed by atoms with Gasteiger partial charge >= 0.3 is 0 Å². The van der Waals surface area contributed by atoms with Gasteiger partial charge in [-0.25, -0.2) is 4.98 Å². The summed E-state index contributed by atoms with van der Waals surface area (Å²) in [6.07, 6.45) is 7.33. The first-order valence-corrected chi connectivity index (χ1v) is 5.94. The predicted octanol–water partition coefficient (Wildman–Crippen LogP) is 3.65. The van der Waals surface area contributed by atoms with Gasteiger partial charge in [0.2, 0.25) is 5.95 Å². The Labute approximate surface area is 106 Å². The maximum atomic E-state index is 13.4. The minimum Gasteiger partial charge on any atom is -0.508 e. The highest BCUT2D eigenvalue weighted by Crippen LogP contribution is 2.28. The number of aromatic nitrogens is 1. The van der Waals surface area contributed by atoms with E-state index in [0.29, 0.717) is 17.2 Å². The fraction of sp³-hybridized carbons (Fsp3) is 0.267. The number of halogens is 1. The van der Waals surface area contributed by atoms with Gasteiger partial charge in [-0.3, -0.25) is 0 Å². The van der Waals surface area contributed by atoms with E-state index < -0.39 is 5.95 Å². The summed E-state index contributed by atoms with van der Waals surface area (Å²) in [5.41, 5.74) is 0.985. The van der Waals surface area contributed by atoms with Gasteiger partial charge in [-0.15, -0.1) is 6.42 Å². The van der Waals surface area contributed by atoms with Gasteiger partial charge in [-0.2, -0.15) is 4.39 Å². The van der Waals surface area contributed by atoms with Crippen molar-refractivity contribution < 1.29 is 9.50 Å². The number of aromatic hydroxyl groups is 1. The van der Waals surface area contributed by atoms with Gasteiger partial charge in [0.05, 0.1) is 5.56 Å². The smallest absolute Gasteiger partial charge is 0.229 e. The maximum absolute atomic E-state index is 13.4. The number of hydrogen-bond acceptors (Lipinski definition) is 2. The lowest BCUT2D eigenvalue weighted by Gasteiger charge is -2.08. The minimum atomic E-state index is -0.643. The summed E-state index contributed by atoms with van der Waals surface area (Å²) in [7, 11) is 0. The standard InChI is InChI=1S/C13H10FNO.C2H6/c1-3-8-5-10(16)6-9-7-15-13(14)11(4-2)12(8)9;1-2/h2,5-7,16H,3H2,1H3;1-2H3. The van der Waals surface area contributed by atoms with Crippen LogP contribution in [-0.2, 0) is 6.42 Å². The van der Waals surface area contributed by atoms with Crippen LogP contribution >= 0.6 is 0 Å². The topological polar surface area (TPSA) is 33.1 Å². The number of pyridine rings is 1. The Balaban J connectivity index is 0.000000771. The van der Waals surface area contributed by atoms with E-state index in [0.717, 1.165) is 5.56 Å². The molecule has 0 unspecified atom stereocenters. The number of phenolic OH excluding ortho intramolecular Hbond substituents is 1. The molecule has 0 saturated heterocycles. The molecule has 0 aliphatic heterocycles. The summed E-state index contributed by atoms with van der Waals surface area (Å²) in [5, 5.41) is 10.8. The van der Waals surface area contributed by atoms with Gasteiger partial charge in [-0.1, -0.05) is 26.7 Å². The maximum Gasteiger partial charge on any atom is 0.229 e. The minimum absolute atomic E-state index is 0.140. The molecule has 0 aliphatic rings. The Kier molecular flexibility index (Phi) is 4.67. The van der Waals surface area contributed by atoms with Crippen LogP contribution in [0.2, 0.25) is 0 Å². The Morgan fingerprint density at radius 1 is 1.39 bits per heavy atom. The zero-order valence-corrected chi connectivity index (χ0v) is 10.8. The van der Waals surface area contributed by atoms with Crippen molar-refractivity contribution in [3.63, 3.8) is 0 Å². The molecule has 1 N–H and O–H groups in total. The van der Waals surface area contributed by atoms with Crippen molar-refractivity contribution in [3.8, 4) is 18.1 Å². The Morgan fingerprint density at radius 3 is 2.61 bits per heavy atom. The van der Waals surface area contributed by atoms with Gasteiger partial charge in [0, 0.05) is 17.0 Å². The van der Waals surface area contributed by atoms with Crippen LogP contribution in [0.4, 0.5) is 4.39 Å². The van der Waals surface area contributed by atoms with Crippen molar-refractivity contribution in [2.75, 3.05) is 0 Å². The summed E-state index contributed by atoms with van der Waals surface area (Å²) in [4.78, 5) is 3.57. The molecule has 0 amide bonds. The van der Waals surface area contributed by atoms with Gasteiger partial charge in [0.25, 0.3) is 0 Å². The van der Waals surface area contributed by atoms with E-state index in [1.54, 1.807) is 6.07 Å². The molecular formula is C15H16FNO. The highest BCUT2D eigenvalue weighted by atomic mass is 19.1. The molecule has 1 aromatic heterocycles. The van der Waals surface area contributed by atoms with E-state index >= 15 is 0 Å². The normalized spacial score (nSPS) is 9.50. The van der Waals surface area contributed by atoms with Crippen LogP contribution in [0, 0.1) is 18.3 Å². The van der Waals surface area contributed by atoms with E-state index in [1.807, 2.05) is 20.8 Å². The van der Waals surface area contributed by atoms with Crippen molar-refractivity contribution >= 4 is 10.8 Å². The largest absolute Gasteiger partial charge is 0.508 e. The lowest BCUT2D eigenvalue weighted by Crippen LogP contribution is -1.94. The third-order valence-electron chi connectivity index (χ3n) is 2.53. The first-order valence-electron chi connectivity index (χ1n) is 5.94. The first-order chi connectivity index (χ1) is 8.67. The van der Waals surface area contributed by atoms with Crippen LogP contribution in [0.5, 0.6) is 5.75 Å². The molecule has 0 spiro atoms. The van der Waals surface area contributed by atoms with E-state index in [1.165, 1.54) is 12.3 Å². The molecular weight excluding hydrogens is 229 g/mol. The van der Waals surface area contributed by atoms with Crippen LogP contribution in [0.25, 0.3) is 10.8 Å². The number of nitrogens with zero attached hydrogens (tertiary/aromatic N) is 1. The SMILES string of the molecule is C#Cc1c(F)ncc2cc(O)cc(CC)c12.CC. The lowest BCUT2D eigenvalue weighted by molar-refractivity contribution is 0.475. The zero-order chi connectivity index (χ0) is 13.7. The van der Waals surface area contributed by atoms with Crippen LogP contribution in [0.1, 0.15) is 31.9 Å².